The third-order valence-corrected chi connectivity index (χ3v) is 4.96. The van der Waals surface area contributed by atoms with Gasteiger partial charge in [-0.05, 0) is 54.3 Å². The molecule has 1 aromatic heterocycles. The van der Waals surface area contributed by atoms with Crippen LogP contribution in [0.15, 0.2) is 48.5 Å². The second kappa shape index (κ2) is 7.11. The molecule has 0 saturated carbocycles. The molecule has 1 N–H and O–H groups in total. The lowest BCUT2D eigenvalue weighted by Gasteiger charge is -2.27. The summed E-state index contributed by atoms with van der Waals surface area (Å²) in [5.74, 6) is 0.571. The van der Waals surface area contributed by atoms with E-state index in [1.54, 1.807) is 18.1 Å². The normalized spacial score (nSPS) is 16.0. The van der Waals surface area contributed by atoms with E-state index >= 15 is 0 Å². The number of hydrogen-bond acceptors (Lipinski definition) is 3. The van der Waals surface area contributed by atoms with Gasteiger partial charge >= 0.3 is 0 Å². The highest BCUT2D eigenvalue weighted by molar-refractivity contribution is 6.10. The first-order chi connectivity index (χ1) is 13.5. The summed E-state index contributed by atoms with van der Waals surface area (Å²) < 4.78 is 19.2. The van der Waals surface area contributed by atoms with Crippen LogP contribution in [0.3, 0.4) is 0 Å². The fourth-order valence-corrected chi connectivity index (χ4v) is 3.77. The van der Waals surface area contributed by atoms with Gasteiger partial charge in [0, 0.05) is 16.9 Å². The van der Waals surface area contributed by atoms with Crippen molar-refractivity contribution >= 4 is 11.6 Å². The van der Waals surface area contributed by atoms with Gasteiger partial charge in [-0.1, -0.05) is 26.0 Å². The zero-order valence-corrected chi connectivity index (χ0v) is 16.1. The van der Waals surface area contributed by atoms with E-state index in [-0.39, 0.29) is 11.7 Å². The minimum absolute atomic E-state index is 0.194. The van der Waals surface area contributed by atoms with E-state index in [0.29, 0.717) is 28.6 Å². The van der Waals surface area contributed by atoms with Gasteiger partial charge in [-0.2, -0.15) is 5.10 Å². The first-order valence-electron chi connectivity index (χ1n) is 9.29. The molecule has 1 aliphatic rings. The SMILES string of the molecule is COc1ccc(N2C(=O)c3n[nH]c(CC(C)C)c3C2c2cccc(F)c2)cc1. The molecule has 0 bridgehead atoms. The maximum atomic E-state index is 14.0. The topological polar surface area (TPSA) is 58.2 Å². The number of benzene rings is 2. The predicted molar refractivity (Wildman–Crippen MR) is 105 cm³/mol. The Morgan fingerprint density at radius 1 is 1.21 bits per heavy atom. The van der Waals surface area contributed by atoms with Crippen LogP contribution in [0, 0.1) is 11.7 Å². The van der Waals surface area contributed by atoms with E-state index in [1.807, 2.05) is 30.3 Å². The molecule has 1 amide bonds. The molecule has 3 aromatic rings. The quantitative estimate of drug-likeness (QED) is 0.710. The van der Waals surface area contributed by atoms with Crippen LogP contribution in [0.2, 0.25) is 0 Å². The van der Waals surface area contributed by atoms with E-state index in [0.717, 1.165) is 17.7 Å². The molecule has 144 valence electrons. The van der Waals surface area contributed by atoms with Gasteiger partial charge in [-0.3, -0.25) is 14.8 Å². The van der Waals surface area contributed by atoms with Crippen molar-refractivity contribution in [2.75, 3.05) is 12.0 Å². The predicted octanol–water partition coefficient (Wildman–Crippen LogP) is 4.51. The zero-order chi connectivity index (χ0) is 19.8. The standard InChI is InChI=1S/C22H22FN3O2/c1-13(2)11-18-19-20(25-24-18)22(27)26(16-7-9-17(28-3)10-8-16)21(19)14-5-4-6-15(23)12-14/h4-10,12-13,21H,11H2,1-3H3,(H,24,25). The molecule has 0 spiro atoms. The maximum absolute atomic E-state index is 14.0. The number of carbonyl (C=O) groups is 1. The van der Waals surface area contributed by atoms with Crippen molar-refractivity contribution < 1.29 is 13.9 Å². The molecule has 2 heterocycles. The number of fused-ring (bicyclic) bond motifs is 1. The number of H-pyrrole nitrogens is 1. The molecule has 1 atom stereocenters. The average molecular weight is 379 g/mol. The Morgan fingerprint density at radius 2 is 1.96 bits per heavy atom. The molecule has 5 nitrogen and oxygen atoms in total. The molecule has 2 aromatic carbocycles. The summed E-state index contributed by atoms with van der Waals surface area (Å²) in [7, 11) is 1.60. The lowest BCUT2D eigenvalue weighted by molar-refractivity contribution is 0.0988. The number of nitrogens with one attached hydrogen (secondary N) is 1. The largest absolute Gasteiger partial charge is 0.497 e. The minimum atomic E-state index is -0.431. The van der Waals surface area contributed by atoms with Crippen LogP contribution in [0.4, 0.5) is 10.1 Å². The molecule has 0 radical (unpaired) electrons. The molecule has 1 unspecified atom stereocenters. The van der Waals surface area contributed by atoms with Crippen LogP contribution in [0.1, 0.15) is 47.2 Å². The van der Waals surface area contributed by atoms with Crippen LogP contribution in [0.5, 0.6) is 5.75 Å². The van der Waals surface area contributed by atoms with Crippen molar-refractivity contribution in [1.29, 1.82) is 0 Å². The second-order valence-corrected chi connectivity index (χ2v) is 7.39. The smallest absolute Gasteiger partial charge is 0.279 e. The Labute approximate surface area is 163 Å². The third kappa shape index (κ3) is 3.05. The van der Waals surface area contributed by atoms with Crippen LogP contribution >= 0.6 is 0 Å². The Bertz CT molecular complexity index is 1010. The van der Waals surface area contributed by atoms with E-state index in [1.165, 1.54) is 12.1 Å². The molecular formula is C22H22FN3O2. The number of rotatable bonds is 5. The molecule has 0 aliphatic carbocycles. The number of ether oxygens (including phenoxy) is 1. The van der Waals surface area contributed by atoms with Crippen molar-refractivity contribution in [3.05, 3.63) is 76.9 Å². The number of carbonyl (C=O) groups excluding carboxylic acids is 1. The number of aromatic nitrogens is 2. The average Bonchev–Trinajstić information content (AvgIpc) is 3.20. The van der Waals surface area contributed by atoms with Gasteiger partial charge in [0.2, 0.25) is 0 Å². The van der Waals surface area contributed by atoms with Crippen molar-refractivity contribution in [2.45, 2.75) is 26.3 Å². The third-order valence-electron chi connectivity index (χ3n) is 4.96. The van der Waals surface area contributed by atoms with Gasteiger partial charge < -0.3 is 4.74 Å². The maximum Gasteiger partial charge on any atom is 0.279 e. The van der Waals surface area contributed by atoms with Crippen LogP contribution < -0.4 is 9.64 Å². The molecule has 0 fully saturated rings. The number of nitrogens with zero attached hydrogens (tertiary/aromatic N) is 2. The second-order valence-electron chi connectivity index (χ2n) is 7.39. The number of halogens is 1. The first kappa shape index (κ1) is 18.2. The van der Waals surface area contributed by atoms with Crippen molar-refractivity contribution in [1.82, 2.24) is 10.2 Å². The Morgan fingerprint density at radius 3 is 2.61 bits per heavy atom. The summed E-state index contributed by atoms with van der Waals surface area (Å²) in [5, 5.41) is 7.34. The summed E-state index contributed by atoms with van der Waals surface area (Å²) in [5.41, 5.74) is 3.59. The highest BCUT2D eigenvalue weighted by atomic mass is 19.1. The Kier molecular flexibility index (Phi) is 4.63. The van der Waals surface area contributed by atoms with E-state index in [2.05, 4.69) is 24.0 Å². The monoisotopic (exact) mass is 379 g/mol. The van der Waals surface area contributed by atoms with Gasteiger partial charge in [-0.15, -0.1) is 0 Å². The molecule has 6 heteroatoms. The number of hydrogen-bond donors (Lipinski definition) is 1. The minimum Gasteiger partial charge on any atom is -0.497 e. The summed E-state index contributed by atoms with van der Waals surface area (Å²) >= 11 is 0. The highest BCUT2D eigenvalue weighted by Gasteiger charge is 2.43. The van der Waals surface area contributed by atoms with Gasteiger partial charge in [0.05, 0.1) is 13.2 Å². The van der Waals surface area contributed by atoms with Crippen molar-refractivity contribution in [3.63, 3.8) is 0 Å². The molecule has 1 aliphatic heterocycles. The summed E-state index contributed by atoms with van der Waals surface area (Å²) in [4.78, 5) is 14.9. The zero-order valence-electron chi connectivity index (χ0n) is 16.1. The fourth-order valence-electron chi connectivity index (χ4n) is 3.77. The summed E-state index contributed by atoms with van der Waals surface area (Å²) in [6.07, 6.45) is 0.762. The van der Waals surface area contributed by atoms with Gasteiger partial charge in [0.15, 0.2) is 5.69 Å². The number of aromatic amines is 1. The van der Waals surface area contributed by atoms with E-state index in [4.69, 9.17) is 4.74 Å². The van der Waals surface area contributed by atoms with Crippen LogP contribution in [0.25, 0.3) is 0 Å². The Balaban J connectivity index is 1.87. The van der Waals surface area contributed by atoms with Crippen LogP contribution in [-0.2, 0) is 6.42 Å². The van der Waals surface area contributed by atoms with E-state index in [9.17, 15) is 9.18 Å². The molecule has 28 heavy (non-hydrogen) atoms. The Hall–Kier alpha value is -3.15. The summed E-state index contributed by atoms with van der Waals surface area (Å²) in [6, 6.07) is 13.3. The fraction of sp³-hybridized carbons (Fsp3) is 0.273. The van der Waals surface area contributed by atoms with Crippen LogP contribution in [-0.4, -0.2) is 23.2 Å². The van der Waals surface area contributed by atoms with Crippen molar-refractivity contribution in [2.24, 2.45) is 5.92 Å². The molecular weight excluding hydrogens is 357 g/mol. The number of amides is 1. The van der Waals surface area contributed by atoms with Gasteiger partial charge in [0.1, 0.15) is 11.6 Å². The number of anilines is 1. The lowest BCUT2D eigenvalue weighted by Crippen LogP contribution is -2.29. The van der Waals surface area contributed by atoms with Gasteiger partial charge in [0.25, 0.3) is 5.91 Å². The first-order valence-corrected chi connectivity index (χ1v) is 9.29. The van der Waals surface area contributed by atoms with Gasteiger partial charge in [-0.25, -0.2) is 4.39 Å². The summed E-state index contributed by atoms with van der Waals surface area (Å²) in [6.45, 7) is 4.23. The lowest BCUT2D eigenvalue weighted by atomic mass is 9.95. The highest BCUT2D eigenvalue weighted by Crippen LogP contribution is 2.43. The van der Waals surface area contributed by atoms with E-state index < -0.39 is 6.04 Å². The molecule has 4 rings (SSSR count). The number of methoxy groups -OCH3 is 1. The van der Waals surface area contributed by atoms with Crippen molar-refractivity contribution in [3.8, 4) is 5.75 Å². The molecule has 0 saturated heterocycles.